The van der Waals surface area contributed by atoms with Crippen LogP contribution in [0.2, 0.25) is 5.02 Å². The Morgan fingerprint density at radius 3 is 2.47 bits per heavy atom. The number of aromatic nitrogens is 1. The minimum absolute atomic E-state index is 0.0142. The number of aliphatic hydroxyl groups excluding tert-OH is 1. The molecule has 248 valence electrons. The van der Waals surface area contributed by atoms with E-state index in [2.05, 4.69) is 0 Å². The molecule has 0 saturated carbocycles. The van der Waals surface area contributed by atoms with E-state index < -0.39 is 40.7 Å². The molecule has 1 aliphatic carbocycles. The maximum Gasteiger partial charge on any atom is 0.306 e. The van der Waals surface area contributed by atoms with Crippen LogP contribution in [0.25, 0.3) is 10.9 Å². The van der Waals surface area contributed by atoms with E-state index in [1.54, 1.807) is 26.2 Å². The molecular weight excluding hydrogens is 632 g/mol. The number of carbonyl (C=O) groups excluding carboxylic acids is 3. The van der Waals surface area contributed by atoms with Gasteiger partial charge >= 0.3 is 5.97 Å². The van der Waals surface area contributed by atoms with Crippen molar-refractivity contribution in [2.45, 2.75) is 31.3 Å². The molecule has 3 unspecified atom stereocenters. The number of ether oxygens (including phenoxy) is 6. The van der Waals surface area contributed by atoms with Crippen LogP contribution in [-0.2, 0) is 19.1 Å². The number of benzene rings is 2. The highest BCUT2D eigenvalue weighted by Gasteiger charge is 2.61. The normalized spacial score (nSPS) is 21.5. The SMILES string of the molecule is COC(=O)CC(C1=C(O)C2(Oc3c(Cl)c(OC)cc(OC)c3C2=O)C(C)CC1=O)c1cc2cc(OC)ccc2nc1N1CCOCC1. The largest absolute Gasteiger partial charge is 0.507 e. The summed E-state index contributed by atoms with van der Waals surface area (Å²) in [4.78, 5) is 48.6. The Morgan fingerprint density at radius 1 is 1.09 bits per heavy atom. The average Bonchev–Trinajstić information content (AvgIpc) is 3.40. The molecule has 13 heteroatoms. The second-order valence-corrected chi connectivity index (χ2v) is 12.0. The Balaban J connectivity index is 1.61. The fourth-order valence-electron chi connectivity index (χ4n) is 6.73. The number of carbonyl (C=O) groups is 3. The van der Waals surface area contributed by atoms with Crippen LogP contribution < -0.4 is 23.8 Å². The lowest BCUT2D eigenvalue weighted by Crippen LogP contribution is -2.53. The molecule has 47 heavy (non-hydrogen) atoms. The molecule has 0 radical (unpaired) electrons. The summed E-state index contributed by atoms with van der Waals surface area (Å²) in [5, 5.41) is 13.0. The molecular formula is C34H35ClN2O10. The standard InChI is InChI=1S/C34H35ClN2O10/c1-17-12-23(38)27(31(40)34(17)32(41)28-24(43-3)16-25(44-4)29(35)30(28)47-34)20(15-26(39)45-5)21-14-18-13-19(42-2)6-7-22(18)36-33(21)37-8-10-46-11-9-37/h6-7,13-14,16-17,20,40H,8-12,15H2,1-5H3. The second-order valence-electron chi connectivity index (χ2n) is 11.6. The highest BCUT2D eigenvalue weighted by molar-refractivity contribution is 6.35. The molecule has 0 bridgehead atoms. The fourth-order valence-corrected chi connectivity index (χ4v) is 6.99. The van der Waals surface area contributed by atoms with Crippen LogP contribution >= 0.6 is 11.6 Å². The molecule has 3 heterocycles. The number of nitrogens with zero attached hydrogens (tertiary/aromatic N) is 2. The Kier molecular flexibility index (Phi) is 8.66. The van der Waals surface area contributed by atoms with Gasteiger partial charge in [-0.05, 0) is 24.3 Å². The number of ketones is 2. The number of aliphatic hydroxyl groups is 1. The summed E-state index contributed by atoms with van der Waals surface area (Å²) >= 11 is 6.63. The van der Waals surface area contributed by atoms with Crippen molar-refractivity contribution in [1.29, 1.82) is 0 Å². The number of morpholine rings is 1. The van der Waals surface area contributed by atoms with Crippen molar-refractivity contribution < 1.29 is 47.9 Å². The molecule has 1 spiro atoms. The van der Waals surface area contributed by atoms with Crippen molar-refractivity contribution in [3.8, 4) is 23.0 Å². The molecule has 2 aromatic carbocycles. The number of esters is 1. The highest BCUT2D eigenvalue weighted by atomic mass is 35.5. The van der Waals surface area contributed by atoms with E-state index in [-0.39, 0.29) is 46.2 Å². The smallest absolute Gasteiger partial charge is 0.306 e. The van der Waals surface area contributed by atoms with Crippen LogP contribution in [0, 0.1) is 5.92 Å². The number of rotatable bonds is 8. The lowest BCUT2D eigenvalue weighted by molar-refractivity contribution is -0.140. The van der Waals surface area contributed by atoms with Crippen molar-refractivity contribution >= 4 is 45.9 Å². The molecule has 2 aliphatic heterocycles. The van der Waals surface area contributed by atoms with Gasteiger partial charge in [0.25, 0.3) is 0 Å². The molecule has 6 rings (SSSR count). The van der Waals surface area contributed by atoms with Gasteiger partial charge in [0.15, 0.2) is 17.3 Å². The zero-order chi connectivity index (χ0) is 33.6. The van der Waals surface area contributed by atoms with Crippen LogP contribution in [0.5, 0.6) is 23.0 Å². The lowest BCUT2D eigenvalue weighted by atomic mass is 9.69. The summed E-state index contributed by atoms with van der Waals surface area (Å²) in [7, 11) is 5.59. The van der Waals surface area contributed by atoms with Gasteiger partial charge < -0.3 is 38.4 Å². The number of fused-ring (bicyclic) bond motifs is 2. The third-order valence-electron chi connectivity index (χ3n) is 9.17. The van der Waals surface area contributed by atoms with Gasteiger partial charge in [0.05, 0.1) is 53.6 Å². The summed E-state index contributed by atoms with van der Waals surface area (Å²) in [6.07, 6.45) is -0.505. The Hall–Kier alpha value is -4.55. The maximum atomic E-state index is 14.4. The van der Waals surface area contributed by atoms with Crippen LogP contribution in [0.4, 0.5) is 5.82 Å². The molecule has 12 nitrogen and oxygen atoms in total. The van der Waals surface area contributed by atoms with E-state index in [4.69, 9.17) is 45.0 Å². The Morgan fingerprint density at radius 2 is 1.81 bits per heavy atom. The molecule has 0 amide bonds. The number of hydrogen-bond donors (Lipinski definition) is 1. The molecule has 1 aromatic heterocycles. The number of Topliss-reactive ketones (excluding diaryl/α,β-unsaturated/α-hetero) is 2. The van der Waals surface area contributed by atoms with Crippen molar-refractivity contribution in [3.05, 3.63) is 57.8 Å². The van der Waals surface area contributed by atoms with Crippen LogP contribution in [0.15, 0.2) is 41.7 Å². The number of pyridine rings is 1. The highest BCUT2D eigenvalue weighted by Crippen LogP contribution is 2.56. The summed E-state index contributed by atoms with van der Waals surface area (Å²) in [6, 6.07) is 8.71. The van der Waals surface area contributed by atoms with Crippen molar-refractivity contribution in [1.82, 2.24) is 4.98 Å². The number of halogens is 1. The van der Waals surface area contributed by atoms with Gasteiger partial charge in [-0.2, -0.15) is 0 Å². The van der Waals surface area contributed by atoms with Gasteiger partial charge in [0, 0.05) is 53.9 Å². The molecule has 3 aromatic rings. The first-order chi connectivity index (χ1) is 22.6. The number of allylic oxidation sites excluding steroid dienone is 1. The minimum atomic E-state index is -2.03. The first-order valence-electron chi connectivity index (χ1n) is 15.1. The molecule has 1 N–H and O–H groups in total. The van der Waals surface area contributed by atoms with Crippen molar-refractivity contribution in [2.24, 2.45) is 5.92 Å². The van der Waals surface area contributed by atoms with Crippen LogP contribution in [0.1, 0.15) is 41.6 Å². The Labute approximate surface area is 276 Å². The Bertz CT molecular complexity index is 1820. The molecule has 3 aliphatic rings. The third kappa shape index (κ3) is 5.19. The summed E-state index contributed by atoms with van der Waals surface area (Å²) in [6.45, 7) is 3.55. The lowest BCUT2D eigenvalue weighted by Gasteiger charge is -2.39. The summed E-state index contributed by atoms with van der Waals surface area (Å²) in [5.41, 5.74) is -1.02. The van der Waals surface area contributed by atoms with E-state index >= 15 is 0 Å². The van der Waals surface area contributed by atoms with Gasteiger partial charge in [-0.15, -0.1) is 0 Å². The summed E-state index contributed by atoms with van der Waals surface area (Å²) in [5.74, 6) is -2.81. The average molecular weight is 667 g/mol. The van der Waals surface area contributed by atoms with Crippen molar-refractivity contribution in [3.63, 3.8) is 0 Å². The van der Waals surface area contributed by atoms with Crippen LogP contribution in [0.3, 0.4) is 0 Å². The second kappa shape index (κ2) is 12.6. The zero-order valence-corrected chi connectivity index (χ0v) is 27.4. The number of methoxy groups -OCH3 is 4. The minimum Gasteiger partial charge on any atom is -0.507 e. The fraction of sp³-hybridized carbons (Fsp3) is 0.412. The molecule has 3 atom stereocenters. The number of hydrogen-bond acceptors (Lipinski definition) is 12. The summed E-state index contributed by atoms with van der Waals surface area (Å²) < 4.78 is 33.4. The predicted molar refractivity (Wildman–Crippen MR) is 171 cm³/mol. The van der Waals surface area contributed by atoms with Gasteiger partial charge in [0.2, 0.25) is 11.4 Å². The van der Waals surface area contributed by atoms with E-state index in [1.165, 1.54) is 27.4 Å². The first kappa shape index (κ1) is 32.4. The van der Waals surface area contributed by atoms with E-state index in [1.807, 2.05) is 17.0 Å². The number of anilines is 1. The monoisotopic (exact) mass is 666 g/mol. The zero-order valence-electron chi connectivity index (χ0n) is 26.7. The topological polar surface area (TPSA) is 143 Å². The molecule has 1 fully saturated rings. The van der Waals surface area contributed by atoms with Gasteiger partial charge in [-0.25, -0.2) is 4.98 Å². The molecule has 1 saturated heterocycles. The third-order valence-corrected chi connectivity index (χ3v) is 9.53. The van der Waals surface area contributed by atoms with E-state index in [9.17, 15) is 19.5 Å². The van der Waals surface area contributed by atoms with Gasteiger partial charge in [0.1, 0.15) is 33.7 Å². The van der Waals surface area contributed by atoms with E-state index in [0.717, 1.165) is 0 Å². The van der Waals surface area contributed by atoms with E-state index in [0.29, 0.717) is 54.3 Å². The van der Waals surface area contributed by atoms with Gasteiger partial charge in [-0.3, -0.25) is 14.4 Å². The predicted octanol–water partition coefficient (Wildman–Crippen LogP) is 4.83. The van der Waals surface area contributed by atoms with Crippen molar-refractivity contribution in [2.75, 3.05) is 59.6 Å². The van der Waals surface area contributed by atoms with Crippen LogP contribution in [-0.4, -0.2) is 88.0 Å². The quantitative estimate of drug-likeness (QED) is 0.329. The van der Waals surface area contributed by atoms with Gasteiger partial charge in [-0.1, -0.05) is 18.5 Å². The first-order valence-corrected chi connectivity index (χ1v) is 15.5. The maximum absolute atomic E-state index is 14.4.